The zero-order valence-corrected chi connectivity index (χ0v) is 6.15. The normalized spacial score (nSPS) is 12.2. The zero-order valence-electron chi connectivity index (χ0n) is 6.15. The van der Waals surface area contributed by atoms with Gasteiger partial charge in [0.25, 0.3) is 0 Å². The molecule has 4 nitrogen and oxygen atoms in total. The molecule has 2 rings (SSSR count). The predicted octanol–water partition coefficient (Wildman–Crippen LogP) is 1.14. The van der Waals surface area contributed by atoms with Crippen LogP contribution in [0.15, 0.2) is 18.2 Å². The molecule has 13 heavy (non-hydrogen) atoms. The molecule has 7 heteroatoms. The van der Waals surface area contributed by atoms with Gasteiger partial charge in [-0.1, -0.05) is 6.07 Å². The number of halogens is 3. The van der Waals surface area contributed by atoms with Crippen molar-refractivity contribution >= 4 is 5.65 Å². The van der Waals surface area contributed by atoms with Gasteiger partial charge in [0.1, 0.15) is 5.69 Å². The minimum absolute atomic E-state index is 0.0785. The molecule has 2 heterocycles. The fourth-order valence-electron chi connectivity index (χ4n) is 0.980. The number of nitrogens with zero attached hydrogens (tertiary/aromatic N) is 4. The van der Waals surface area contributed by atoms with Crippen LogP contribution in [0, 0.1) is 0 Å². The molecule has 0 atom stereocenters. The van der Waals surface area contributed by atoms with Crippen molar-refractivity contribution in [3.63, 3.8) is 0 Å². The second-order valence-corrected chi connectivity index (χ2v) is 2.36. The summed E-state index contributed by atoms with van der Waals surface area (Å²) < 4.78 is 37.5. The lowest BCUT2D eigenvalue weighted by Gasteiger charge is -2.06. The molecule has 0 bridgehead atoms. The Morgan fingerprint density at radius 2 is 2.00 bits per heavy atom. The summed E-state index contributed by atoms with van der Waals surface area (Å²) in [6.07, 6.45) is -4.44. The molecule has 2 aromatic heterocycles. The van der Waals surface area contributed by atoms with Crippen LogP contribution in [-0.2, 0) is 6.18 Å². The van der Waals surface area contributed by atoms with Gasteiger partial charge in [0, 0.05) is 0 Å². The molecule has 0 aliphatic heterocycles. The van der Waals surface area contributed by atoms with Crippen molar-refractivity contribution in [2.75, 3.05) is 0 Å². The van der Waals surface area contributed by atoms with Crippen molar-refractivity contribution in [3.05, 3.63) is 23.9 Å². The maximum Gasteiger partial charge on any atom is 0.433 e. The predicted molar refractivity (Wildman–Crippen MR) is 35.8 cm³/mol. The van der Waals surface area contributed by atoms with Crippen LogP contribution in [0.25, 0.3) is 5.65 Å². The number of hydrogen-bond donors (Lipinski definition) is 0. The number of tetrazole rings is 1. The molecule has 0 aliphatic rings. The Labute approximate surface area is 70.0 Å². The average molecular weight is 188 g/mol. The van der Waals surface area contributed by atoms with E-state index in [9.17, 15) is 13.2 Å². The van der Waals surface area contributed by atoms with Crippen LogP contribution in [-0.4, -0.2) is 20.0 Å². The average Bonchev–Trinajstić information content (AvgIpc) is 2.48. The maximum absolute atomic E-state index is 12.3. The highest BCUT2D eigenvalue weighted by Gasteiger charge is 2.34. The first-order valence-corrected chi connectivity index (χ1v) is 3.33. The van der Waals surface area contributed by atoms with Crippen molar-refractivity contribution in [2.45, 2.75) is 6.18 Å². The highest BCUT2D eigenvalue weighted by Crippen LogP contribution is 2.28. The molecule has 2 aromatic rings. The standard InChI is InChI=1S/C6H3F3N4/c7-6(8,9)4-2-1-3-5-10-11-12-13(4)5/h1-3H. The highest BCUT2D eigenvalue weighted by atomic mass is 19.4. The number of pyridine rings is 1. The van der Waals surface area contributed by atoms with Gasteiger partial charge in [-0.3, -0.25) is 0 Å². The van der Waals surface area contributed by atoms with Crippen molar-refractivity contribution in [2.24, 2.45) is 0 Å². The van der Waals surface area contributed by atoms with E-state index in [4.69, 9.17) is 0 Å². The Balaban J connectivity index is 2.75. The van der Waals surface area contributed by atoms with Crippen molar-refractivity contribution in [1.82, 2.24) is 20.0 Å². The summed E-state index contributed by atoms with van der Waals surface area (Å²) in [6, 6.07) is 3.58. The Hall–Kier alpha value is -1.66. The summed E-state index contributed by atoms with van der Waals surface area (Å²) >= 11 is 0. The zero-order chi connectivity index (χ0) is 9.47. The number of fused-ring (bicyclic) bond motifs is 1. The Morgan fingerprint density at radius 1 is 1.23 bits per heavy atom. The quantitative estimate of drug-likeness (QED) is 0.622. The highest BCUT2D eigenvalue weighted by molar-refractivity contribution is 5.36. The Bertz CT molecular complexity index is 433. The van der Waals surface area contributed by atoms with Crippen LogP contribution in [0.4, 0.5) is 13.2 Å². The van der Waals surface area contributed by atoms with E-state index in [0.29, 0.717) is 4.52 Å². The monoisotopic (exact) mass is 188 g/mol. The summed E-state index contributed by atoms with van der Waals surface area (Å²) in [5, 5.41) is 9.75. The van der Waals surface area contributed by atoms with E-state index in [1.165, 1.54) is 12.1 Å². The smallest absolute Gasteiger partial charge is 0.188 e. The van der Waals surface area contributed by atoms with Gasteiger partial charge in [0.05, 0.1) is 0 Å². The fraction of sp³-hybridized carbons (Fsp3) is 0.167. The van der Waals surface area contributed by atoms with E-state index in [1.54, 1.807) is 0 Å². The maximum atomic E-state index is 12.3. The van der Waals surface area contributed by atoms with Crippen LogP contribution >= 0.6 is 0 Å². The van der Waals surface area contributed by atoms with E-state index in [2.05, 4.69) is 15.5 Å². The lowest BCUT2D eigenvalue weighted by Crippen LogP contribution is -2.11. The third kappa shape index (κ3) is 1.21. The molecule has 0 saturated carbocycles. The number of aromatic nitrogens is 4. The van der Waals surface area contributed by atoms with E-state index in [0.717, 1.165) is 6.07 Å². The minimum atomic E-state index is -4.44. The third-order valence-corrected chi connectivity index (χ3v) is 1.51. The van der Waals surface area contributed by atoms with Gasteiger partial charge in [-0.2, -0.15) is 17.7 Å². The molecule has 68 valence electrons. The molecule has 0 radical (unpaired) electrons. The van der Waals surface area contributed by atoms with Crippen LogP contribution in [0.2, 0.25) is 0 Å². The van der Waals surface area contributed by atoms with Gasteiger partial charge in [0.2, 0.25) is 0 Å². The summed E-state index contributed by atoms with van der Waals surface area (Å²) in [5.74, 6) is 0. The number of hydrogen-bond acceptors (Lipinski definition) is 3. The Morgan fingerprint density at radius 3 is 2.69 bits per heavy atom. The molecule has 0 N–H and O–H groups in total. The largest absolute Gasteiger partial charge is 0.433 e. The Kier molecular flexibility index (Phi) is 1.48. The summed E-state index contributed by atoms with van der Waals surface area (Å²) in [4.78, 5) is 0. The van der Waals surface area contributed by atoms with Crippen LogP contribution in [0.1, 0.15) is 5.69 Å². The molecule has 0 fully saturated rings. The molecule has 0 amide bonds. The first kappa shape index (κ1) is 7.96. The van der Waals surface area contributed by atoms with Gasteiger partial charge < -0.3 is 0 Å². The van der Waals surface area contributed by atoms with E-state index < -0.39 is 11.9 Å². The van der Waals surface area contributed by atoms with Gasteiger partial charge in [-0.25, -0.2) is 0 Å². The van der Waals surface area contributed by atoms with Gasteiger partial charge in [-0.05, 0) is 22.6 Å². The summed E-state index contributed by atoms with van der Waals surface area (Å²) in [7, 11) is 0. The molecular weight excluding hydrogens is 185 g/mol. The van der Waals surface area contributed by atoms with Gasteiger partial charge in [-0.15, -0.1) is 5.10 Å². The van der Waals surface area contributed by atoms with E-state index in [1.807, 2.05) is 0 Å². The number of rotatable bonds is 0. The molecule has 0 spiro atoms. The van der Waals surface area contributed by atoms with Crippen LogP contribution in [0.3, 0.4) is 0 Å². The third-order valence-electron chi connectivity index (χ3n) is 1.51. The van der Waals surface area contributed by atoms with Crippen molar-refractivity contribution in [1.29, 1.82) is 0 Å². The summed E-state index contributed by atoms with van der Waals surface area (Å²) in [5.41, 5.74) is -0.801. The molecule has 0 unspecified atom stereocenters. The molecule has 0 aromatic carbocycles. The van der Waals surface area contributed by atoms with Crippen LogP contribution in [0.5, 0.6) is 0 Å². The van der Waals surface area contributed by atoms with Crippen molar-refractivity contribution in [3.8, 4) is 0 Å². The van der Waals surface area contributed by atoms with E-state index in [-0.39, 0.29) is 5.65 Å². The second kappa shape index (κ2) is 2.41. The lowest BCUT2D eigenvalue weighted by atomic mass is 10.3. The molecule has 0 aliphatic carbocycles. The minimum Gasteiger partial charge on any atom is -0.188 e. The fourth-order valence-corrected chi connectivity index (χ4v) is 0.980. The molecular formula is C6H3F3N4. The van der Waals surface area contributed by atoms with Gasteiger partial charge in [0.15, 0.2) is 5.65 Å². The number of alkyl halides is 3. The SMILES string of the molecule is FC(F)(F)c1cccc2nnnn12. The second-order valence-electron chi connectivity index (χ2n) is 2.36. The summed E-state index contributed by atoms with van der Waals surface area (Å²) in [6.45, 7) is 0. The molecule has 0 saturated heterocycles. The van der Waals surface area contributed by atoms with E-state index >= 15 is 0 Å². The first-order valence-electron chi connectivity index (χ1n) is 3.33. The van der Waals surface area contributed by atoms with Crippen molar-refractivity contribution < 1.29 is 13.2 Å². The topological polar surface area (TPSA) is 43.1 Å². The lowest BCUT2D eigenvalue weighted by molar-refractivity contribution is -0.142. The van der Waals surface area contributed by atoms with Gasteiger partial charge >= 0.3 is 6.18 Å². The van der Waals surface area contributed by atoms with Crippen LogP contribution < -0.4 is 0 Å². The first-order chi connectivity index (χ1) is 6.09.